The van der Waals surface area contributed by atoms with E-state index in [2.05, 4.69) is 15.5 Å². The van der Waals surface area contributed by atoms with Gasteiger partial charge in [0.1, 0.15) is 11.1 Å². The summed E-state index contributed by atoms with van der Waals surface area (Å²) in [6, 6.07) is 5.40. The molecule has 8 heteroatoms. The summed E-state index contributed by atoms with van der Waals surface area (Å²) in [6.45, 7) is 0.755. The molecule has 0 saturated carbocycles. The van der Waals surface area contributed by atoms with Gasteiger partial charge in [-0.05, 0) is 30.5 Å². The lowest BCUT2D eigenvalue weighted by atomic mass is 10.1. The molecule has 0 spiro atoms. The minimum absolute atomic E-state index is 0.0130. The van der Waals surface area contributed by atoms with Gasteiger partial charge in [0.05, 0.1) is 20.6 Å². The van der Waals surface area contributed by atoms with Crippen LogP contribution < -0.4 is 14.8 Å². The Labute approximate surface area is 144 Å². The Morgan fingerprint density at radius 1 is 1.33 bits per heavy atom. The molecule has 1 aromatic heterocycles. The molecule has 1 aliphatic heterocycles. The van der Waals surface area contributed by atoms with Gasteiger partial charge in [-0.25, -0.2) is 0 Å². The Morgan fingerprint density at radius 3 is 2.88 bits per heavy atom. The largest absolute Gasteiger partial charge is 0.493 e. The molecule has 1 amide bonds. The first-order valence-corrected chi connectivity index (χ1v) is 8.47. The fourth-order valence-electron chi connectivity index (χ4n) is 2.53. The number of carbonyl (C=O) groups is 1. The summed E-state index contributed by atoms with van der Waals surface area (Å²) in [7, 11) is 3.14. The van der Waals surface area contributed by atoms with E-state index < -0.39 is 0 Å². The van der Waals surface area contributed by atoms with Crippen LogP contribution in [0.3, 0.4) is 0 Å². The summed E-state index contributed by atoms with van der Waals surface area (Å²) in [4.78, 5) is 12.2. The lowest BCUT2D eigenvalue weighted by Crippen LogP contribution is -2.14. The van der Waals surface area contributed by atoms with Gasteiger partial charge in [0.2, 0.25) is 11.0 Å². The first-order chi connectivity index (χ1) is 11.7. The van der Waals surface area contributed by atoms with Crippen LogP contribution in [0.2, 0.25) is 0 Å². The first-order valence-electron chi connectivity index (χ1n) is 7.65. The number of aromatic nitrogens is 2. The molecular weight excluding hydrogens is 330 g/mol. The van der Waals surface area contributed by atoms with Crippen LogP contribution in [0.15, 0.2) is 18.2 Å². The zero-order chi connectivity index (χ0) is 16.9. The smallest absolute Gasteiger partial charge is 0.230 e. The monoisotopic (exact) mass is 349 g/mol. The molecule has 7 nitrogen and oxygen atoms in total. The van der Waals surface area contributed by atoms with E-state index >= 15 is 0 Å². The Bertz CT molecular complexity index is 713. The van der Waals surface area contributed by atoms with Crippen LogP contribution >= 0.6 is 11.3 Å². The number of rotatable bonds is 6. The number of amides is 1. The Kier molecular flexibility index (Phi) is 5.27. The molecule has 0 unspecified atom stereocenters. The molecule has 1 N–H and O–H groups in total. The predicted octanol–water partition coefficient (Wildman–Crippen LogP) is 2.59. The summed E-state index contributed by atoms with van der Waals surface area (Å²) < 4.78 is 16.0. The van der Waals surface area contributed by atoms with Crippen molar-refractivity contribution in [1.29, 1.82) is 0 Å². The summed E-state index contributed by atoms with van der Waals surface area (Å²) >= 11 is 1.36. The second-order valence-electron chi connectivity index (χ2n) is 5.36. The predicted molar refractivity (Wildman–Crippen MR) is 89.7 cm³/mol. The molecule has 2 heterocycles. The average molecular weight is 349 g/mol. The van der Waals surface area contributed by atoms with Crippen LogP contribution in [0.25, 0.3) is 0 Å². The SMILES string of the molecule is COc1ccc(CC(=O)Nc2nnc([C@@H]3CCCO3)s2)cc1OC. The maximum Gasteiger partial charge on any atom is 0.230 e. The highest BCUT2D eigenvalue weighted by atomic mass is 32.1. The fraction of sp³-hybridized carbons (Fsp3) is 0.438. The normalized spacial score (nSPS) is 16.8. The maximum absolute atomic E-state index is 12.2. The zero-order valence-electron chi connectivity index (χ0n) is 13.6. The summed E-state index contributed by atoms with van der Waals surface area (Å²) in [5, 5.41) is 12.2. The van der Waals surface area contributed by atoms with Gasteiger partial charge in [-0.2, -0.15) is 0 Å². The molecule has 0 radical (unpaired) electrons. The molecule has 1 aliphatic rings. The standard InChI is InChI=1S/C16H19N3O4S/c1-21-11-6-5-10(8-13(11)22-2)9-14(20)17-16-19-18-15(24-16)12-4-3-7-23-12/h5-6,8,12H,3-4,7,9H2,1-2H3,(H,17,19,20)/t12-/m0/s1. The molecule has 2 aromatic rings. The number of ether oxygens (including phenoxy) is 3. The van der Waals surface area contributed by atoms with Crippen LogP contribution in [-0.4, -0.2) is 36.9 Å². The number of nitrogens with one attached hydrogen (secondary N) is 1. The molecular formula is C16H19N3O4S. The highest BCUT2D eigenvalue weighted by Gasteiger charge is 2.22. The minimum atomic E-state index is -0.155. The van der Waals surface area contributed by atoms with Crippen molar-refractivity contribution < 1.29 is 19.0 Å². The van der Waals surface area contributed by atoms with Gasteiger partial charge in [-0.15, -0.1) is 10.2 Å². The van der Waals surface area contributed by atoms with Gasteiger partial charge in [-0.1, -0.05) is 17.4 Å². The minimum Gasteiger partial charge on any atom is -0.493 e. The van der Waals surface area contributed by atoms with Gasteiger partial charge < -0.3 is 19.5 Å². The molecule has 1 saturated heterocycles. The molecule has 0 aliphatic carbocycles. The third kappa shape index (κ3) is 3.82. The molecule has 0 bridgehead atoms. The van der Waals surface area contributed by atoms with Gasteiger partial charge in [0.25, 0.3) is 0 Å². The number of hydrogen-bond donors (Lipinski definition) is 1. The quantitative estimate of drug-likeness (QED) is 0.863. The van der Waals surface area contributed by atoms with Gasteiger partial charge in [0, 0.05) is 6.61 Å². The molecule has 1 aromatic carbocycles. The van der Waals surface area contributed by atoms with Crippen molar-refractivity contribution in [2.24, 2.45) is 0 Å². The van der Waals surface area contributed by atoms with Crippen molar-refractivity contribution in [1.82, 2.24) is 10.2 Å². The van der Waals surface area contributed by atoms with Crippen molar-refractivity contribution in [2.45, 2.75) is 25.4 Å². The van der Waals surface area contributed by atoms with E-state index in [1.165, 1.54) is 11.3 Å². The highest BCUT2D eigenvalue weighted by molar-refractivity contribution is 7.15. The number of nitrogens with zero attached hydrogens (tertiary/aromatic N) is 2. The maximum atomic E-state index is 12.2. The number of anilines is 1. The second kappa shape index (κ2) is 7.59. The van der Waals surface area contributed by atoms with E-state index in [0.29, 0.717) is 16.6 Å². The van der Waals surface area contributed by atoms with Gasteiger partial charge in [-0.3, -0.25) is 4.79 Å². The van der Waals surface area contributed by atoms with Crippen molar-refractivity contribution in [2.75, 3.05) is 26.1 Å². The number of benzene rings is 1. The van der Waals surface area contributed by atoms with Crippen molar-refractivity contribution in [3.05, 3.63) is 28.8 Å². The third-order valence-electron chi connectivity index (χ3n) is 3.70. The summed E-state index contributed by atoms with van der Waals surface area (Å²) in [5.74, 6) is 1.07. The number of hydrogen-bond acceptors (Lipinski definition) is 7. The van der Waals surface area contributed by atoms with Crippen LogP contribution in [0.5, 0.6) is 11.5 Å². The number of carbonyl (C=O) groups excluding carboxylic acids is 1. The molecule has 1 atom stereocenters. The first kappa shape index (κ1) is 16.7. The van der Waals surface area contributed by atoms with E-state index in [1.54, 1.807) is 26.4 Å². The molecule has 3 rings (SSSR count). The fourth-order valence-corrected chi connectivity index (χ4v) is 3.37. The third-order valence-corrected chi connectivity index (χ3v) is 4.64. The van der Waals surface area contributed by atoms with E-state index in [1.807, 2.05) is 6.07 Å². The zero-order valence-corrected chi connectivity index (χ0v) is 14.4. The summed E-state index contributed by atoms with van der Waals surface area (Å²) in [5.41, 5.74) is 0.828. The van der Waals surface area contributed by atoms with Crippen LogP contribution in [0.4, 0.5) is 5.13 Å². The molecule has 1 fully saturated rings. The Balaban J connectivity index is 1.61. The Morgan fingerprint density at radius 2 is 2.17 bits per heavy atom. The van der Waals surface area contributed by atoms with Gasteiger partial charge in [0.15, 0.2) is 11.5 Å². The van der Waals surface area contributed by atoms with Crippen LogP contribution in [0, 0.1) is 0 Å². The van der Waals surface area contributed by atoms with E-state index in [-0.39, 0.29) is 18.4 Å². The van der Waals surface area contributed by atoms with Crippen molar-refractivity contribution in [3.63, 3.8) is 0 Å². The van der Waals surface area contributed by atoms with Gasteiger partial charge >= 0.3 is 0 Å². The lowest BCUT2D eigenvalue weighted by Gasteiger charge is -2.09. The van der Waals surface area contributed by atoms with E-state index in [0.717, 1.165) is 30.0 Å². The topological polar surface area (TPSA) is 82.6 Å². The second-order valence-corrected chi connectivity index (χ2v) is 6.37. The average Bonchev–Trinajstić information content (AvgIpc) is 3.25. The molecule has 128 valence electrons. The van der Waals surface area contributed by atoms with E-state index in [9.17, 15) is 4.79 Å². The highest BCUT2D eigenvalue weighted by Crippen LogP contribution is 2.32. The van der Waals surface area contributed by atoms with Crippen molar-refractivity contribution >= 4 is 22.4 Å². The summed E-state index contributed by atoms with van der Waals surface area (Å²) in [6.07, 6.45) is 2.22. The lowest BCUT2D eigenvalue weighted by molar-refractivity contribution is -0.115. The number of methoxy groups -OCH3 is 2. The van der Waals surface area contributed by atoms with E-state index in [4.69, 9.17) is 14.2 Å². The van der Waals surface area contributed by atoms with Crippen LogP contribution in [0.1, 0.15) is 29.5 Å². The van der Waals surface area contributed by atoms with Crippen molar-refractivity contribution in [3.8, 4) is 11.5 Å². The van der Waals surface area contributed by atoms with Crippen LogP contribution in [-0.2, 0) is 16.0 Å². The Hall–Kier alpha value is -2.19. The molecule has 24 heavy (non-hydrogen) atoms.